The summed E-state index contributed by atoms with van der Waals surface area (Å²) in [6.07, 6.45) is 0. The van der Waals surface area contributed by atoms with Crippen LogP contribution in [-0.2, 0) is 24.3 Å². The quantitative estimate of drug-likeness (QED) is 0.788. The van der Waals surface area contributed by atoms with E-state index in [1.54, 1.807) is 20.8 Å². The third-order valence-electron chi connectivity index (χ3n) is 2.65. The van der Waals surface area contributed by atoms with Crippen LogP contribution in [0.3, 0.4) is 0 Å². The zero-order chi connectivity index (χ0) is 17.8. The maximum atomic E-state index is 13.6. The molecule has 0 spiro atoms. The fraction of sp³-hybridized carbons (Fsp3) is 0.500. The molecule has 1 atom stereocenters. The molecule has 23 heavy (non-hydrogen) atoms. The number of hydrogen-bond acceptors (Lipinski definition) is 5. The molecule has 0 aliphatic carbocycles. The molecule has 1 aromatic rings. The Morgan fingerprint density at radius 2 is 1.78 bits per heavy atom. The van der Waals surface area contributed by atoms with Crippen LogP contribution in [-0.4, -0.2) is 39.7 Å². The second-order valence-electron chi connectivity index (χ2n) is 5.67. The van der Waals surface area contributed by atoms with Crippen LogP contribution < -0.4 is 4.72 Å². The van der Waals surface area contributed by atoms with E-state index in [1.165, 1.54) is 0 Å². The third-order valence-corrected chi connectivity index (χ3v) is 4.18. The lowest BCUT2D eigenvalue weighted by atomic mass is 10.2. The Balaban J connectivity index is 3.08. The van der Waals surface area contributed by atoms with Gasteiger partial charge in [0.25, 0.3) is 0 Å². The topological polar surface area (TPSA) is 81.7 Å². The Morgan fingerprint density at radius 1 is 1.26 bits per heavy atom. The minimum Gasteiger partial charge on any atom is -0.468 e. The molecule has 1 N–H and O–H groups in total. The van der Waals surface area contributed by atoms with E-state index in [-0.39, 0.29) is 6.61 Å². The maximum Gasteiger partial charge on any atom is 0.326 e. The fourth-order valence-corrected chi connectivity index (χ4v) is 2.92. The first-order valence-corrected chi connectivity index (χ1v) is 8.14. The lowest BCUT2D eigenvalue weighted by Crippen LogP contribution is -2.46. The largest absolute Gasteiger partial charge is 0.468 e. The Hall–Kier alpha value is -1.58. The van der Waals surface area contributed by atoms with Crippen molar-refractivity contribution in [2.24, 2.45) is 0 Å². The van der Waals surface area contributed by atoms with Crippen LogP contribution in [0.2, 0.25) is 0 Å². The van der Waals surface area contributed by atoms with Crippen molar-refractivity contribution in [3.8, 4) is 0 Å². The minimum absolute atomic E-state index is 0.356. The Labute approximate surface area is 133 Å². The van der Waals surface area contributed by atoms with Crippen molar-refractivity contribution in [2.75, 3.05) is 13.7 Å². The molecule has 0 aliphatic rings. The van der Waals surface area contributed by atoms with Crippen LogP contribution >= 0.6 is 0 Å². The van der Waals surface area contributed by atoms with Crippen molar-refractivity contribution in [3.05, 3.63) is 29.8 Å². The van der Waals surface area contributed by atoms with E-state index in [9.17, 15) is 22.0 Å². The Kier molecular flexibility index (Phi) is 6.20. The van der Waals surface area contributed by atoms with E-state index < -0.39 is 44.2 Å². The number of rotatable bonds is 6. The van der Waals surface area contributed by atoms with Gasteiger partial charge in [-0.2, -0.15) is 4.72 Å². The molecule has 0 fully saturated rings. The number of sulfonamides is 1. The molecule has 0 bridgehead atoms. The van der Waals surface area contributed by atoms with Gasteiger partial charge >= 0.3 is 5.97 Å². The van der Waals surface area contributed by atoms with E-state index in [0.717, 1.165) is 25.3 Å². The van der Waals surface area contributed by atoms with Gasteiger partial charge in [-0.25, -0.2) is 17.2 Å². The van der Waals surface area contributed by atoms with Gasteiger partial charge in [-0.15, -0.1) is 0 Å². The summed E-state index contributed by atoms with van der Waals surface area (Å²) < 4.78 is 63.4. The molecule has 6 nitrogen and oxygen atoms in total. The van der Waals surface area contributed by atoms with Gasteiger partial charge in [-0.3, -0.25) is 4.79 Å². The average Bonchev–Trinajstić information content (AvgIpc) is 2.41. The summed E-state index contributed by atoms with van der Waals surface area (Å²) in [6, 6.07) is 1.19. The van der Waals surface area contributed by atoms with E-state index >= 15 is 0 Å². The van der Waals surface area contributed by atoms with Crippen LogP contribution in [0.25, 0.3) is 0 Å². The van der Waals surface area contributed by atoms with E-state index in [0.29, 0.717) is 0 Å². The molecule has 1 aromatic carbocycles. The summed E-state index contributed by atoms with van der Waals surface area (Å²) in [5.41, 5.74) is -0.652. The highest BCUT2D eigenvalue weighted by Crippen LogP contribution is 2.19. The number of ether oxygens (including phenoxy) is 2. The molecule has 0 radical (unpaired) electrons. The summed E-state index contributed by atoms with van der Waals surface area (Å²) >= 11 is 0. The highest BCUT2D eigenvalue weighted by molar-refractivity contribution is 7.89. The molecular formula is C14H19F2NO5S. The molecule has 9 heteroatoms. The highest BCUT2D eigenvalue weighted by Gasteiger charge is 2.31. The number of esters is 1. The normalized spacial score (nSPS) is 13.7. The zero-order valence-corrected chi connectivity index (χ0v) is 14.0. The van der Waals surface area contributed by atoms with Crippen LogP contribution in [0.5, 0.6) is 0 Å². The molecule has 0 aromatic heterocycles. The minimum atomic E-state index is -4.62. The van der Waals surface area contributed by atoms with Gasteiger partial charge in [-0.05, 0) is 32.9 Å². The molecule has 0 amide bonds. The van der Waals surface area contributed by atoms with E-state index in [1.807, 2.05) is 4.72 Å². The van der Waals surface area contributed by atoms with Gasteiger partial charge in [0.2, 0.25) is 10.0 Å². The van der Waals surface area contributed by atoms with E-state index in [2.05, 4.69) is 4.74 Å². The number of nitrogens with one attached hydrogen (secondary N) is 1. The third kappa shape index (κ3) is 5.52. The second-order valence-corrected chi connectivity index (χ2v) is 7.32. The predicted octanol–water partition coefficient (Wildman–Crippen LogP) is 1.60. The number of methoxy groups -OCH3 is 1. The smallest absolute Gasteiger partial charge is 0.326 e. The Bertz CT molecular complexity index is 650. The molecule has 130 valence electrons. The van der Waals surface area contributed by atoms with Gasteiger partial charge < -0.3 is 9.47 Å². The summed E-state index contributed by atoms with van der Waals surface area (Å²) in [6.45, 7) is 4.75. The summed E-state index contributed by atoms with van der Waals surface area (Å²) in [7, 11) is -3.56. The summed E-state index contributed by atoms with van der Waals surface area (Å²) in [5.74, 6) is -3.47. The molecule has 0 saturated carbocycles. The van der Waals surface area contributed by atoms with E-state index in [4.69, 9.17) is 4.74 Å². The summed E-state index contributed by atoms with van der Waals surface area (Å²) in [4.78, 5) is 10.5. The van der Waals surface area contributed by atoms with Crippen molar-refractivity contribution in [3.63, 3.8) is 0 Å². The van der Waals surface area contributed by atoms with Crippen molar-refractivity contribution in [2.45, 2.75) is 37.3 Å². The lowest BCUT2D eigenvalue weighted by Gasteiger charge is -2.23. The molecule has 1 rings (SSSR count). The molecule has 0 unspecified atom stereocenters. The first-order chi connectivity index (χ1) is 10.5. The number of hydrogen-bond donors (Lipinski definition) is 1. The predicted molar refractivity (Wildman–Crippen MR) is 78.2 cm³/mol. The monoisotopic (exact) mass is 351 g/mol. The molecule has 0 saturated heterocycles. The summed E-state index contributed by atoms with van der Waals surface area (Å²) in [5, 5.41) is 0. The number of carbonyl (C=O) groups excluding carboxylic acids is 1. The standard InChI is InChI=1S/C14H19F2NO5S/c1-14(2,3)22-8-11(13(18)21-4)17-23(19,20)12-9(15)6-5-7-10(12)16/h5-7,11,17H,8H2,1-4H3/t11-/m0/s1. The van der Waals surface area contributed by atoms with Crippen molar-refractivity contribution >= 4 is 16.0 Å². The average molecular weight is 351 g/mol. The fourth-order valence-electron chi connectivity index (χ4n) is 1.61. The SMILES string of the molecule is COC(=O)[C@H](COC(C)(C)C)NS(=O)(=O)c1c(F)cccc1F. The Morgan fingerprint density at radius 3 is 2.22 bits per heavy atom. The van der Waals surface area contributed by atoms with Crippen molar-refractivity contribution in [1.82, 2.24) is 4.72 Å². The van der Waals surface area contributed by atoms with Crippen molar-refractivity contribution in [1.29, 1.82) is 0 Å². The molecular weight excluding hydrogens is 332 g/mol. The van der Waals surface area contributed by atoms with Gasteiger partial charge in [0.1, 0.15) is 17.7 Å². The lowest BCUT2D eigenvalue weighted by molar-refractivity contribution is -0.145. The van der Waals surface area contributed by atoms with Crippen LogP contribution in [0, 0.1) is 11.6 Å². The van der Waals surface area contributed by atoms with Crippen LogP contribution in [0.4, 0.5) is 8.78 Å². The molecule has 0 aliphatic heterocycles. The molecule has 0 heterocycles. The number of halogens is 2. The van der Waals surface area contributed by atoms with Crippen molar-refractivity contribution < 1.29 is 31.5 Å². The van der Waals surface area contributed by atoms with Crippen LogP contribution in [0.1, 0.15) is 20.8 Å². The number of benzene rings is 1. The highest BCUT2D eigenvalue weighted by atomic mass is 32.2. The van der Waals surface area contributed by atoms with Gasteiger partial charge in [0.15, 0.2) is 4.90 Å². The zero-order valence-electron chi connectivity index (χ0n) is 13.2. The first kappa shape index (κ1) is 19.5. The van der Waals surface area contributed by atoms with Gasteiger partial charge in [0.05, 0.1) is 19.3 Å². The van der Waals surface area contributed by atoms with Gasteiger partial charge in [-0.1, -0.05) is 6.07 Å². The first-order valence-electron chi connectivity index (χ1n) is 6.66. The maximum absolute atomic E-state index is 13.6. The second kappa shape index (κ2) is 7.33. The van der Waals surface area contributed by atoms with Gasteiger partial charge in [0, 0.05) is 0 Å². The number of carbonyl (C=O) groups is 1. The van der Waals surface area contributed by atoms with Crippen LogP contribution in [0.15, 0.2) is 23.1 Å².